The highest BCUT2D eigenvalue weighted by molar-refractivity contribution is 5.94. The van der Waals surface area contributed by atoms with Gasteiger partial charge in [0.1, 0.15) is 11.3 Å². The van der Waals surface area contributed by atoms with E-state index >= 15 is 0 Å². The molecule has 0 spiro atoms. The number of amides is 1. The lowest BCUT2D eigenvalue weighted by Crippen LogP contribution is -2.35. The highest BCUT2D eigenvalue weighted by Gasteiger charge is 2.34. The Hall–Kier alpha value is -3.02. The minimum atomic E-state index is -0.399. The van der Waals surface area contributed by atoms with Crippen LogP contribution < -0.4 is 10.9 Å². The summed E-state index contributed by atoms with van der Waals surface area (Å²) in [5.41, 5.74) is 3.79. The number of hydrogen-bond donors (Lipinski definition) is 2. The molecule has 0 saturated carbocycles. The molecular weight excluding hydrogens is 368 g/mol. The lowest BCUT2D eigenvalue weighted by molar-refractivity contribution is 0.0841. The van der Waals surface area contributed by atoms with Gasteiger partial charge in [-0.2, -0.15) is 0 Å². The van der Waals surface area contributed by atoms with Crippen LogP contribution in [0, 0.1) is 0 Å². The largest absolute Gasteiger partial charge is 0.458 e. The minimum Gasteiger partial charge on any atom is -0.458 e. The van der Waals surface area contributed by atoms with Gasteiger partial charge in [0.25, 0.3) is 11.5 Å². The number of aryl methyl sites for hydroxylation is 1. The second-order valence-electron chi connectivity index (χ2n) is 7.93. The number of fused-ring (bicyclic) bond motifs is 3. The molecule has 29 heavy (non-hydrogen) atoms. The maximum atomic E-state index is 13.1. The summed E-state index contributed by atoms with van der Waals surface area (Å²) in [6.45, 7) is 2.27. The van der Waals surface area contributed by atoms with Crippen LogP contribution in [0.15, 0.2) is 40.9 Å². The second-order valence-corrected chi connectivity index (χ2v) is 7.93. The number of aromatic nitrogens is 1. The van der Waals surface area contributed by atoms with Crippen LogP contribution in [0.2, 0.25) is 0 Å². The molecule has 2 heterocycles. The number of allylic oxidation sites excluding steroid dienone is 1. The Morgan fingerprint density at radius 3 is 2.97 bits per heavy atom. The first-order chi connectivity index (χ1) is 14.2. The van der Waals surface area contributed by atoms with Gasteiger partial charge >= 0.3 is 0 Å². The molecule has 1 aromatic carbocycles. The fraction of sp³-hybridized carbons (Fsp3) is 0.391. The quantitative estimate of drug-likeness (QED) is 0.834. The van der Waals surface area contributed by atoms with Crippen LogP contribution in [0.5, 0.6) is 0 Å². The molecule has 0 saturated heterocycles. The molecule has 2 atom stereocenters. The molecule has 2 N–H and O–H groups in total. The van der Waals surface area contributed by atoms with Crippen molar-refractivity contribution in [1.29, 1.82) is 0 Å². The third kappa shape index (κ3) is 3.03. The molecule has 2 aromatic rings. The van der Waals surface area contributed by atoms with Crippen molar-refractivity contribution < 1.29 is 14.3 Å². The number of nitrogens with one attached hydrogen (secondary N) is 2. The fourth-order valence-corrected chi connectivity index (χ4v) is 4.73. The molecule has 6 heteroatoms. The van der Waals surface area contributed by atoms with Crippen LogP contribution in [-0.2, 0) is 15.9 Å². The summed E-state index contributed by atoms with van der Waals surface area (Å²) in [6, 6.07) is 9.88. The van der Waals surface area contributed by atoms with Crippen LogP contribution >= 0.6 is 0 Å². The van der Waals surface area contributed by atoms with E-state index in [1.165, 1.54) is 5.56 Å². The SMILES string of the molecule is CCC1CC2=C(OCO2)c2[nH]c(=O)c(C(=O)NC3CCCc4ccccc43)cc21. The molecule has 150 valence electrons. The van der Waals surface area contributed by atoms with Gasteiger partial charge in [-0.1, -0.05) is 31.2 Å². The van der Waals surface area contributed by atoms with E-state index in [-0.39, 0.29) is 30.2 Å². The number of ether oxygens (including phenoxy) is 2. The molecule has 0 bridgehead atoms. The summed E-state index contributed by atoms with van der Waals surface area (Å²) in [5, 5.41) is 3.09. The lowest BCUT2D eigenvalue weighted by Gasteiger charge is -2.27. The summed E-state index contributed by atoms with van der Waals surface area (Å²) in [4.78, 5) is 28.7. The van der Waals surface area contributed by atoms with E-state index in [1.807, 2.05) is 12.1 Å². The van der Waals surface area contributed by atoms with Crippen molar-refractivity contribution in [2.75, 3.05) is 6.79 Å². The molecule has 3 aliphatic rings. The van der Waals surface area contributed by atoms with Gasteiger partial charge in [-0.15, -0.1) is 0 Å². The molecular formula is C23H24N2O4. The monoisotopic (exact) mass is 392 g/mol. The van der Waals surface area contributed by atoms with Crippen molar-refractivity contribution in [3.05, 3.63) is 74.4 Å². The van der Waals surface area contributed by atoms with Crippen LogP contribution in [0.3, 0.4) is 0 Å². The van der Waals surface area contributed by atoms with Crippen LogP contribution in [0.1, 0.15) is 77.3 Å². The first-order valence-corrected chi connectivity index (χ1v) is 10.3. The number of pyridine rings is 1. The number of rotatable bonds is 3. The Balaban J connectivity index is 1.48. The highest BCUT2D eigenvalue weighted by Crippen LogP contribution is 2.42. The Morgan fingerprint density at radius 2 is 2.10 bits per heavy atom. The Bertz CT molecular complexity index is 1070. The van der Waals surface area contributed by atoms with Gasteiger partial charge in [0.2, 0.25) is 6.79 Å². The maximum absolute atomic E-state index is 13.1. The predicted molar refractivity (Wildman–Crippen MR) is 108 cm³/mol. The number of H-pyrrole nitrogens is 1. The van der Waals surface area contributed by atoms with E-state index in [4.69, 9.17) is 9.47 Å². The van der Waals surface area contributed by atoms with E-state index in [0.717, 1.165) is 49.0 Å². The standard InChI is InChI=1S/C23H24N2O4/c1-2-13-10-19-21(29-12-28-19)20-16(13)11-17(23(27)25-20)22(26)24-18-9-5-7-14-6-3-4-8-15(14)18/h3-4,6,8,11,13,18H,2,5,7,9-10,12H2,1H3,(H,24,26)(H,25,27). The zero-order chi connectivity index (χ0) is 20.0. The van der Waals surface area contributed by atoms with Crippen LogP contribution in [-0.4, -0.2) is 17.7 Å². The number of hydrogen-bond acceptors (Lipinski definition) is 4. The van der Waals surface area contributed by atoms with E-state index in [0.29, 0.717) is 11.5 Å². The normalized spacial score (nSPS) is 22.1. The first kappa shape index (κ1) is 18.0. The van der Waals surface area contributed by atoms with Crippen molar-refractivity contribution in [3.8, 4) is 0 Å². The second kappa shape index (κ2) is 7.10. The summed E-state index contributed by atoms with van der Waals surface area (Å²) in [6.07, 6.45) is 4.54. The average molecular weight is 392 g/mol. The minimum absolute atomic E-state index is 0.0641. The first-order valence-electron chi connectivity index (χ1n) is 10.3. The van der Waals surface area contributed by atoms with Crippen molar-refractivity contribution in [3.63, 3.8) is 0 Å². The van der Waals surface area contributed by atoms with Gasteiger partial charge in [0.15, 0.2) is 5.76 Å². The van der Waals surface area contributed by atoms with Gasteiger partial charge in [-0.3, -0.25) is 9.59 Å². The van der Waals surface area contributed by atoms with Crippen molar-refractivity contribution in [2.45, 2.75) is 51.0 Å². The summed E-state index contributed by atoms with van der Waals surface area (Å²) < 4.78 is 11.1. The average Bonchev–Trinajstić information content (AvgIpc) is 3.21. The third-order valence-electron chi connectivity index (χ3n) is 6.27. The van der Waals surface area contributed by atoms with Crippen LogP contribution in [0.4, 0.5) is 0 Å². The molecule has 1 aliphatic heterocycles. The zero-order valence-electron chi connectivity index (χ0n) is 16.4. The van der Waals surface area contributed by atoms with E-state index in [9.17, 15) is 9.59 Å². The zero-order valence-corrected chi connectivity index (χ0v) is 16.4. The van der Waals surface area contributed by atoms with Crippen molar-refractivity contribution >= 4 is 11.7 Å². The van der Waals surface area contributed by atoms with Gasteiger partial charge in [0.05, 0.1) is 11.7 Å². The Morgan fingerprint density at radius 1 is 1.24 bits per heavy atom. The number of carbonyl (C=O) groups excluding carboxylic acids is 1. The lowest BCUT2D eigenvalue weighted by atomic mass is 9.85. The van der Waals surface area contributed by atoms with E-state index < -0.39 is 5.56 Å². The Labute approximate surface area is 168 Å². The number of benzene rings is 1. The molecule has 1 amide bonds. The molecule has 0 fully saturated rings. The Kier molecular flexibility index (Phi) is 4.42. The summed E-state index contributed by atoms with van der Waals surface area (Å²) in [7, 11) is 0. The number of aromatic amines is 1. The van der Waals surface area contributed by atoms with Gasteiger partial charge in [0, 0.05) is 6.42 Å². The molecule has 2 aliphatic carbocycles. The topological polar surface area (TPSA) is 80.4 Å². The van der Waals surface area contributed by atoms with Crippen molar-refractivity contribution in [1.82, 2.24) is 10.3 Å². The highest BCUT2D eigenvalue weighted by atomic mass is 16.7. The summed E-state index contributed by atoms with van der Waals surface area (Å²) in [5.74, 6) is 1.25. The molecule has 5 rings (SSSR count). The smallest absolute Gasteiger partial charge is 0.261 e. The molecule has 2 unspecified atom stereocenters. The van der Waals surface area contributed by atoms with Gasteiger partial charge in [-0.25, -0.2) is 0 Å². The van der Waals surface area contributed by atoms with Gasteiger partial charge < -0.3 is 19.8 Å². The van der Waals surface area contributed by atoms with Gasteiger partial charge in [-0.05, 0) is 54.4 Å². The number of carbonyl (C=O) groups is 1. The van der Waals surface area contributed by atoms with Crippen molar-refractivity contribution in [2.24, 2.45) is 0 Å². The fourth-order valence-electron chi connectivity index (χ4n) is 4.73. The molecule has 1 aromatic heterocycles. The third-order valence-corrected chi connectivity index (χ3v) is 6.27. The van der Waals surface area contributed by atoms with E-state index in [1.54, 1.807) is 6.07 Å². The summed E-state index contributed by atoms with van der Waals surface area (Å²) >= 11 is 0. The van der Waals surface area contributed by atoms with Crippen LogP contribution in [0.25, 0.3) is 5.76 Å². The van der Waals surface area contributed by atoms with E-state index in [2.05, 4.69) is 29.4 Å². The molecule has 6 nitrogen and oxygen atoms in total. The maximum Gasteiger partial charge on any atom is 0.261 e. The predicted octanol–water partition coefficient (Wildman–Crippen LogP) is 3.75. The molecule has 0 radical (unpaired) electrons.